The van der Waals surface area contributed by atoms with Crippen molar-refractivity contribution in [3.8, 4) is 0 Å². The molecule has 0 aliphatic rings. The predicted octanol–water partition coefficient (Wildman–Crippen LogP) is 4.02. The Morgan fingerprint density at radius 2 is 1.60 bits per heavy atom. The summed E-state index contributed by atoms with van der Waals surface area (Å²) in [6, 6.07) is 21.5. The zero-order chi connectivity index (χ0) is 14.0. The van der Waals surface area contributed by atoms with Crippen molar-refractivity contribution in [3.05, 3.63) is 78.0 Å². The molecule has 2 aromatic carbocycles. The average molecular weight is 328 g/mol. The molecule has 1 N–H and O–H groups in total. The van der Waals surface area contributed by atoms with Gasteiger partial charge in [0.25, 0.3) is 0 Å². The van der Waals surface area contributed by atoms with Crippen LogP contribution in [0.2, 0.25) is 0 Å². The first-order valence-electron chi connectivity index (χ1n) is 6.47. The van der Waals surface area contributed by atoms with Crippen LogP contribution >= 0.6 is 15.9 Å². The number of fused-ring (bicyclic) bond motifs is 1. The lowest BCUT2D eigenvalue weighted by Gasteiger charge is -2.21. The van der Waals surface area contributed by atoms with E-state index in [0.717, 1.165) is 22.2 Å². The van der Waals surface area contributed by atoms with Gasteiger partial charge in [0.2, 0.25) is 0 Å². The van der Waals surface area contributed by atoms with Crippen LogP contribution in [0, 0.1) is 0 Å². The molecule has 0 bridgehead atoms. The molecule has 20 heavy (non-hydrogen) atoms. The molecule has 2 nitrogen and oxygen atoms in total. The van der Waals surface area contributed by atoms with Crippen molar-refractivity contribution in [2.24, 2.45) is 0 Å². The monoisotopic (exact) mass is 327 g/mol. The molecule has 3 aromatic rings. The Morgan fingerprint density at radius 1 is 0.900 bits per heavy atom. The minimum Gasteiger partial charge on any atom is -0.374 e. The Hall–Kier alpha value is -1.71. The van der Waals surface area contributed by atoms with E-state index in [1.165, 1.54) is 0 Å². The number of aliphatic hydroxyl groups is 1. The van der Waals surface area contributed by atoms with Gasteiger partial charge in [0.15, 0.2) is 0 Å². The molecule has 0 radical (unpaired) electrons. The topological polar surface area (TPSA) is 33.1 Å². The van der Waals surface area contributed by atoms with E-state index >= 15 is 0 Å². The Labute approximate surface area is 126 Å². The summed E-state index contributed by atoms with van der Waals surface area (Å²) in [5.41, 5.74) is 2.63. The molecule has 3 heteroatoms. The summed E-state index contributed by atoms with van der Waals surface area (Å²) in [5.74, 6) is 0. The fourth-order valence-corrected chi connectivity index (χ4v) is 2.79. The van der Waals surface area contributed by atoms with E-state index in [4.69, 9.17) is 0 Å². The second-order valence-corrected chi connectivity index (χ2v) is 6.11. The van der Waals surface area contributed by atoms with Crippen molar-refractivity contribution in [2.75, 3.05) is 0 Å². The lowest BCUT2D eigenvalue weighted by atomic mass is 10.0. The average Bonchev–Trinajstić information content (AvgIpc) is 2.48. The van der Waals surface area contributed by atoms with Crippen LogP contribution in [-0.2, 0) is 10.9 Å². The molecule has 0 aliphatic carbocycles. The van der Waals surface area contributed by atoms with Gasteiger partial charge in [0.1, 0.15) is 4.51 Å². The lowest BCUT2D eigenvalue weighted by molar-refractivity contribution is 0.145. The van der Waals surface area contributed by atoms with Crippen molar-refractivity contribution in [1.29, 1.82) is 0 Å². The number of rotatable bonds is 3. The summed E-state index contributed by atoms with van der Waals surface area (Å²) in [5, 5.41) is 11.7. The molecule has 1 atom stereocenters. The number of hydrogen-bond donors (Lipinski definition) is 1. The summed E-state index contributed by atoms with van der Waals surface area (Å²) < 4.78 is -1.09. The van der Waals surface area contributed by atoms with Crippen LogP contribution in [0.4, 0.5) is 0 Å². The molecule has 0 amide bonds. The van der Waals surface area contributed by atoms with Crippen LogP contribution in [0.15, 0.2) is 66.7 Å². The first-order chi connectivity index (χ1) is 9.65. The Balaban J connectivity index is 1.92. The third-order valence-electron chi connectivity index (χ3n) is 3.29. The summed E-state index contributed by atoms with van der Waals surface area (Å²) in [6.07, 6.45) is 0.418. The highest BCUT2D eigenvalue weighted by Gasteiger charge is 2.26. The van der Waals surface area contributed by atoms with Gasteiger partial charge in [-0.25, -0.2) is 0 Å². The normalized spacial score (nSPS) is 14.1. The van der Waals surface area contributed by atoms with E-state index in [1.807, 2.05) is 66.7 Å². The largest absolute Gasteiger partial charge is 0.374 e. The van der Waals surface area contributed by atoms with E-state index in [0.29, 0.717) is 6.42 Å². The summed E-state index contributed by atoms with van der Waals surface area (Å²) in [7, 11) is 0. The predicted molar refractivity (Wildman–Crippen MR) is 84.7 cm³/mol. The Bertz CT molecular complexity index is 725. The maximum Gasteiger partial charge on any atom is 0.150 e. The summed E-state index contributed by atoms with van der Waals surface area (Å²) in [4.78, 5) is 4.60. The van der Waals surface area contributed by atoms with Crippen molar-refractivity contribution in [3.63, 3.8) is 0 Å². The molecule has 1 aromatic heterocycles. The van der Waals surface area contributed by atoms with Crippen molar-refractivity contribution in [2.45, 2.75) is 10.9 Å². The Morgan fingerprint density at radius 3 is 2.40 bits per heavy atom. The van der Waals surface area contributed by atoms with E-state index in [9.17, 15) is 5.11 Å². The number of nitrogens with zero attached hydrogens (tertiary/aromatic N) is 1. The van der Waals surface area contributed by atoms with E-state index in [2.05, 4.69) is 20.9 Å². The van der Waals surface area contributed by atoms with Crippen molar-refractivity contribution in [1.82, 2.24) is 4.98 Å². The maximum absolute atomic E-state index is 10.6. The maximum atomic E-state index is 10.6. The standard InChI is InChI=1S/C17H14BrNO/c18-17(20,14-7-2-1-3-8-14)12-15-11-10-13-6-4-5-9-16(13)19-15/h1-11,20H,12H2. The van der Waals surface area contributed by atoms with Gasteiger partial charge >= 0.3 is 0 Å². The molecule has 0 spiro atoms. The molecule has 100 valence electrons. The minimum atomic E-state index is -1.09. The fraction of sp³-hybridized carbons (Fsp3) is 0.118. The van der Waals surface area contributed by atoms with Gasteiger partial charge in [-0.1, -0.05) is 54.6 Å². The van der Waals surface area contributed by atoms with Crippen LogP contribution < -0.4 is 0 Å². The van der Waals surface area contributed by atoms with Crippen LogP contribution in [0.5, 0.6) is 0 Å². The fourth-order valence-electron chi connectivity index (χ4n) is 2.24. The summed E-state index contributed by atoms with van der Waals surface area (Å²) >= 11 is 3.41. The molecular formula is C17H14BrNO. The molecular weight excluding hydrogens is 314 g/mol. The van der Waals surface area contributed by atoms with Crippen LogP contribution in [0.3, 0.4) is 0 Å². The van der Waals surface area contributed by atoms with Crippen molar-refractivity contribution >= 4 is 26.8 Å². The minimum absolute atomic E-state index is 0.418. The first kappa shape index (κ1) is 13.3. The number of benzene rings is 2. The van der Waals surface area contributed by atoms with Gasteiger partial charge in [-0.3, -0.25) is 4.98 Å². The second-order valence-electron chi connectivity index (χ2n) is 4.80. The lowest BCUT2D eigenvalue weighted by Crippen LogP contribution is -2.20. The second kappa shape index (κ2) is 5.35. The molecule has 1 unspecified atom stereocenters. The zero-order valence-electron chi connectivity index (χ0n) is 10.8. The van der Waals surface area contributed by atoms with Gasteiger partial charge in [-0.2, -0.15) is 0 Å². The van der Waals surface area contributed by atoms with Gasteiger partial charge in [-0.05, 0) is 33.6 Å². The van der Waals surface area contributed by atoms with Gasteiger partial charge in [0, 0.05) is 17.5 Å². The van der Waals surface area contributed by atoms with Crippen molar-refractivity contribution < 1.29 is 5.11 Å². The number of aromatic nitrogens is 1. The van der Waals surface area contributed by atoms with Crippen LogP contribution in [0.25, 0.3) is 10.9 Å². The van der Waals surface area contributed by atoms with Gasteiger partial charge in [0.05, 0.1) is 5.52 Å². The number of hydrogen-bond acceptors (Lipinski definition) is 2. The molecule has 0 fully saturated rings. The quantitative estimate of drug-likeness (QED) is 0.737. The number of halogens is 1. The molecule has 3 rings (SSSR count). The van der Waals surface area contributed by atoms with E-state index < -0.39 is 4.51 Å². The first-order valence-corrected chi connectivity index (χ1v) is 7.26. The van der Waals surface area contributed by atoms with E-state index in [1.54, 1.807) is 0 Å². The molecule has 0 aliphatic heterocycles. The number of pyridine rings is 1. The molecule has 0 saturated heterocycles. The highest BCUT2D eigenvalue weighted by atomic mass is 79.9. The SMILES string of the molecule is OC(Br)(Cc1ccc2ccccc2n1)c1ccccc1. The zero-order valence-corrected chi connectivity index (χ0v) is 12.4. The van der Waals surface area contributed by atoms with Gasteiger partial charge in [-0.15, -0.1) is 0 Å². The van der Waals surface area contributed by atoms with Gasteiger partial charge < -0.3 is 5.11 Å². The summed E-state index contributed by atoms with van der Waals surface area (Å²) in [6.45, 7) is 0. The van der Waals surface area contributed by atoms with E-state index in [-0.39, 0.29) is 0 Å². The highest BCUT2D eigenvalue weighted by molar-refractivity contribution is 9.09. The smallest absolute Gasteiger partial charge is 0.150 e. The van der Waals surface area contributed by atoms with Crippen LogP contribution in [-0.4, -0.2) is 10.1 Å². The molecule has 0 saturated carbocycles. The Kier molecular flexibility index (Phi) is 3.55. The third kappa shape index (κ3) is 2.74. The molecule has 1 heterocycles. The highest BCUT2D eigenvalue weighted by Crippen LogP contribution is 2.31. The van der Waals surface area contributed by atoms with Crippen LogP contribution in [0.1, 0.15) is 11.3 Å². The third-order valence-corrected chi connectivity index (χ3v) is 4.03. The number of para-hydroxylation sites is 1. The number of alkyl halides is 1.